The molecule has 2 N–H and O–H groups in total. The van der Waals surface area contributed by atoms with Crippen LogP contribution in [-0.2, 0) is 9.59 Å². The van der Waals surface area contributed by atoms with Gasteiger partial charge in [0.05, 0.1) is 12.1 Å². The summed E-state index contributed by atoms with van der Waals surface area (Å²) >= 11 is 0. The van der Waals surface area contributed by atoms with Crippen LogP contribution in [0.15, 0.2) is 48.2 Å². The van der Waals surface area contributed by atoms with Crippen LogP contribution in [0.3, 0.4) is 0 Å². The summed E-state index contributed by atoms with van der Waals surface area (Å²) in [4.78, 5) is 24.8. The third-order valence-corrected chi connectivity index (χ3v) is 4.97. The molecule has 4 nitrogen and oxygen atoms in total. The lowest BCUT2D eigenvalue weighted by Gasteiger charge is -2.29. The largest absolute Gasteiger partial charge is 0.377 e. The molecule has 154 valence electrons. The minimum Gasteiger partial charge on any atom is -0.377 e. The molecule has 0 spiro atoms. The summed E-state index contributed by atoms with van der Waals surface area (Å²) in [6.07, 6.45) is 3.52. The van der Waals surface area contributed by atoms with E-state index in [1.807, 2.05) is 43.3 Å². The number of Topliss-reactive ketones (excluding diaryl/α,β-unsaturated/α-hetero) is 1. The number of hydrogen-bond donors (Lipinski definition) is 2. The standard InChI is InChI=1S/C24H36N2O2/c1-8-17(4)23(20(7)27)25-19(6)22(14-16(2)3)26-24(28)18(5)15-21-12-10-9-11-13-21/h9-13,15-17,22-23,25H,6,8,14H2,1-5,7H3,(H,26,28)/b18-15+/t17-,22?,23?/m0/s1. The summed E-state index contributed by atoms with van der Waals surface area (Å²) in [5.41, 5.74) is 2.31. The molecule has 0 aliphatic carbocycles. The molecule has 0 saturated carbocycles. The molecule has 28 heavy (non-hydrogen) atoms. The van der Waals surface area contributed by atoms with Crippen LogP contribution in [0.4, 0.5) is 0 Å². The van der Waals surface area contributed by atoms with Gasteiger partial charge in [0.2, 0.25) is 5.91 Å². The van der Waals surface area contributed by atoms with Gasteiger partial charge >= 0.3 is 0 Å². The Labute approximate surface area is 170 Å². The smallest absolute Gasteiger partial charge is 0.247 e. The maximum Gasteiger partial charge on any atom is 0.247 e. The van der Waals surface area contributed by atoms with Gasteiger partial charge in [-0.15, -0.1) is 0 Å². The van der Waals surface area contributed by atoms with E-state index < -0.39 is 0 Å². The van der Waals surface area contributed by atoms with Gasteiger partial charge in [0.1, 0.15) is 0 Å². The molecule has 1 rings (SSSR count). The summed E-state index contributed by atoms with van der Waals surface area (Å²) in [5, 5.41) is 6.38. The second-order valence-corrected chi connectivity index (χ2v) is 8.04. The highest BCUT2D eigenvalue weighted by Gasteiger charge is 2.25. The molecule has 0 aliphatic rings. The van der Waals surface area contributed by atoms with Crippen LogP contribution in [0.2, 0.25) is 0 Å². The first-order valence-corrected chi connectivity index (χ1v) is 10.2. The van der Waals surface area contributed by atoms with E-state index in [-0.39, 0.29) is 29.7 Å². The van der Waals surface area contributed by atoms with Crippen LogP contribution in [0, 0.1) is 11.8 Å². The van der Waals surface area contributed by atoms with Crippen molar-refractivity contribution < 1.29 is 9.59 Å². The fourth-order valence-corrected chi connectivity index (χ4v) is 3.08. The Balaban J connectivity index is 2.92. The van der Waals surface area contributed by atoms with Crippen molar-refractivity contribution >= 4 is 17.8 Å². The number of ketones is 1. The van der Waals surface area contributed by atoms with Crippen molar-refractivity contribution in [3.05, 3.63) is 53.7 Å². The van der Waals surface area contributed by atoms with Gasteiger partial charge < -0.3 is 10.6 Å². The monoisotopic (exact) mass is 384 g/mol. The fourth-order valence-electron chi connectivity index (χ4n) is 3.08. The lowest BCUT2D eigenvalue weighted by molar-refractivity contribution is -0.119. The first-order valence-electron chi connectivity index (χ1n) is 10.2. The van der Waals surface area contributed by atoms with E-state index in [9.17, 15) is 9.59 Å². The second kappa shape index (κ2) is 11.5. The molecule has 0 aromatic heterocycles. The van der Waals surface area contributed by atoms with Crippen molar-refractivity contribution in [2.75, 3.05) is 0 Å². The second-order valence-electron chi connectivity index (χ2n) is 8.04. The van der Waals surface area contributed by atoms with Crippen LogP contribution in [0.25, 0.3) is 6.08 Å². The van der Waals surface area contributed by atoms with Crippen LogP contribution in [0.5, 0.6) is 0 Å². The Morgan fingerprint density at radius 2 is 1.68 bits per heavy atom. The Kier molecular flexibility index (Phi) is 9.70. The van der Waals surface area contributed by atoms with Gasteiger partial charge in [-0.3, -0.25) is 9.59 Å². The van der Waals surface area contributed by atoms with E-state index in [2.05, 4.69) is 44.9 Å². The summed E-state index contributed by atoms with van der Waals surface area (Å²) in [5.74, 6) is 0.539. The molecule has 0 radical (unpaired) electrons. The number of rotatable bonds is 11. The normalized spacial score (nSPS) is 14.9. The maximum absolute atomic E-state index is 12.7. The van der Waals surface area contributed by atoms with E-state index in [0.29, 0.717) is 17.2 Å². The Morgan fingerprint density at radius 3 is 2.18 bits per heavy atom. The molecule has 0 bridgehead atoms. The van der Waals surface area contributed by atoms with E-state index in [1.165, 1.54) is 0 Å². The third kappa shape index (κ3) is 7.71. The molecular weight excluding hydrogens is 348 g/mol. The van der Waals surface area contributed by atoms with Crippen LogP contribution in [0.1, 0.15) is 59.9 Å². The third-order valence-electron chi connectivity index (χ3n) is 4.97. The van der Waals surface area contributed by atoms with Gasteiger partial charge in [0.25, 0.3) is 0 Å². The van der Waals surface area contributed by atoms with Gasteiger partial charge in [0, 0.05) is 11.3 Å². The molecule has 4 heteroatoms. The van der Waals surface area contributed by atoms with E-state index in [1.54, 1.807) is 6.92 Å². The van der Waals surface area contributed by atoms with Crippen molar-refractivity contribution in [3.63, 3.8) is 0 Å². The fraction of sp³-hybridized carbons (Fsp3) is 0.500. The molecule has 1 amide bonds. The molecule has 0 heterocycles. The topological polar surface area (TPSA) is 58.2 Å². The average molecular weight is 385 g/mol. The van der Waals surface area contributed by atoms with Crippen molar-refractivity contribution in [1.29, 1.82) is 0 Å². The van der Waals surface area contributed by atoms with Crippen LogP contribution >= 0.6 is 0 Å². The van der Waals surface area contributed by atoms with Gasteiger partial charge in [-0.2, -0.15) is 0 Å². The SMILES string of the molecule is C=C(NC(C(C)=O)[C@@H](C)CC)C(CC(C)C)NC(=O)/C(C)=C/c1ccccc1. The minimum absolute atomic E-state index is 0.0882. The molecule has 0 aliphatic heterocycles. The lowest BCUT2D eigenvalue weighted by atomic mass is 9.94. The average Bonchev–Trinajstić information content (AvgIpc) is 2.64. The van der Waals surface area contributed by atoms with Crippen LogP contribution in [-0.4, -0.2) is 23.8 Å². The Hall–Kier alpha value is -2.36. The van der Waals surface area contributed by atoms with Crippen molar-refractivity contribution in [3.8, 4) is 0 Å². The molecule has 1 aromatic carbocycles. The molecule has 3 atom stereocenters. The minimum atomic E-state index is -0.287. The Bertz CT molecular complexity index is 692. The number of amides is 1. The number of hydrogen-bond acceptors (Lipinski definition) is 3. The predicted octanol–water partition coefficient (Wildman–Crippen LogP) is 4.73. The number of carbonyl (C=O) groups is 2. The lowest BCUT2D eigenvalue weighted by Crippen LogP contribution is -2.47. The zero-order valence-corrected chi connectivity index (χ0v) is 18.2. The first kappa shape index (κ1) is 23.7. The van der Waals surface area contributed by atoms with E-state index in [4.69, 9.17) is 0 Å². The van der Waals surface area contributed by atoms with Gasteiger partial charge in [-0.05, 0) is 43.7 Å². The van der Waals surface area contributed by atoms with Crippen molar-refractivity contribution in [2.45, 2.75) is 66.5 Å². The number of benzene rings is 1. The molecule has 0 fully saturated rings. The van der Waals surface area contributed by atoms with Gasteiger partial charge in [-0.25, -0.2) is 0 Å². The summed E-state index contributed by atoms with van der Waals surface area (Å²) in [6.45, 7) is 15.9. The molecule has 1 aromatic rings. The van der Waals surface area contributed by atoms with Crippen molar-refractivity contribution in [2.24, 2.45) is 11.8 Å². The Morgan fingerprint density at radius 1 is 1.07 bits per heavy atom. The highest BCUT2D eigenvalue weighted by Crippen LogP contribution is 2.16. The highest BCUT2D eigenvalue weighted by molar-refractivity contribution is 5.97. The summed E-state index contributed by atoms with van der Waals surface area (Å²) in [6, 6.07) is 9.24. The number of nitrogens with one attached hydrogen (secondary N) is 2. The highest BCUT2D eigenvalue weighted by atomic mass is 16.1. The van der Waals surface area contributed by atoms with E-state index >= 15 is 0 Å². The maximum atomic E-state index is 12.7. The zero-order chi connectivity index (χ0) is 21.3. The van der Waals surface area contributed by atoms with Crippen molar-refractivity contribution in [1.82, 2.24) is 10.6 Å². The van der Waals surface area contributed by atoms with Gasteiger partial charge in [-0.1, -0.05) is 71.0 Å². The predicted molar refractivity (Wildman–Crippen MR) is 118 cm³/mol. The summed E-state index contributed by atoms with van der Waals surface area (Å²) < 4.78 is 0. The van der Waals surface area contributed by atoms with Crippen LogP contribution < -0.4 is 10.6 Å². The molecular formula is C24H36N2O2. The molecule has 2 unspecified atom stereocenters. The summed E-state index contributed by atoms with van der Waals surface area (Å²) in [7, 11) is 0. The molecule has 0 saturated heterocycles. The first-order chi connectivity index (χ1) is 13.1. The number of carbonyl (C=O) groups excluding carboxylic acids is 2. The van der Waals surface area contributed by atoms with E-state index in [0.717, 1.165) is 18.4 Å². The zero-order valence-electron chi connectivity index (χ0n) is 18.2. The quantitative estimate of drug-likeness (QED) is 0.542. The van der Waals surface area contributed by atoms with Gasteiger partial charge in [0.15, 0.2) is 5.78 Å².